The van der Waals surface area contributed by atoms with E-state index in [-0.39, 0.29) is 0 Å². The van der Waals surface area contributed by atoms with Crippen LogP contribution in [0.4, 0.5) is 0 Å². The largest absolute Gasteiger partial charge is 0.508 e. The molecule has 2 aliphatic rings. The van der Waals surface area contributed by atoms with Gasteiger partial charge in [-0.25, -0.2) is 0 Å². The van der Waals surface area contributed by atoms with Crippen molar-refractivity contribution in [2.24, 2.45) is 5.92 Å². The van der Waals surface area contributed by atoms with Crippen LogP contribution in [-0.2, 0) is 6.42 Å². The summed E-state index contributed by atoms with van der Waals surface area (Å²) in [6.07, 6.45) is 6.48. The van der Waals surface area contributed by atoms with Crippen LogP contribution in [0.25, 0.3) is 0 Å². The van der Waals surface area contributed by atoms with Crippen LogP contribution in [0.5, 0.6) is 5.75 Å². The molecule has 1 aromatic carbocycles. The molecule has 2 nitrogen and oxygen atoms in total. The molecule has 2 saturated heterocycles. The smallest absolute Gasteiger partial charge is 0.115 e. The number of hydrogen-bond donors (Lipinski definition) is 2. The maximum atomic E-state index is 9.45. The topological polar surface area (TPSA) is 32.3 Å². The van der Waals surface area contributed by atoms with Crippen LogP contribution in [0.15, 0.2) is 24.3 Å². The summed E-state index contributed by atoms with van der Waals surface area (Å²) in [5, 5.41) is 13.1. The van der Waals surface area contributed by atoms with Crippen LogP contribution in [-0.4, -0.2) is 17.2 Å². The van der Waals surface area contributed by atoms with Crippen LogP contribution in [0.2, 0.25) is 0 Å². The lowest BCUT2D eigenvalue weighted by molar-refractivity contribution is 0.298. The van der Waals surface area contributed by atoms with Crippen molar-refractivity contribution >= 4 is 0 Å². The summed E-state index contributed by atoms with van der Waals surface area (Å²) in [6.45, 7) is 0. The Morgan fingerprint density at radius 1 is 1.19 bits per heavy atom. The van der Waals surface area contributed by atoms with Gasteiger partial charge in [-0.2, -0.15) is 0 Å². The number of rotatable bonds is 2. The van der Waals surface area contributed by atoms with Gasteiger partial charge >= 0.3 is 0 Å². The van der Waals surface area contributed by atoms with Crippen molar-refractivity contribution in [2.45, 2.75) is 44.2 Å². The molecule has 2 atom stereocenters. The predicted molar refractivity (Wildman–Crippen MR) is 64.5 cm³/mol. The van der Waals surface area contributed by atoms with Crippen LogP contribution >= 0.6 is 0 Å². The van der Waals surface area contributed by atoms with Gasteiger partial charge in [-0.3, -0.25) is 0 Å². The molecule has 3 rings (SSSR count). The number of aromatic hydroxyl groups is 1. The Morgan fingerprint density at radius 3 is 2.62 bits per heavy atom. The molecule has 86 valence electrons. The molecule has 0 saturated carbocycles. The van der Waals surface area contributed by atoms with Gasteiger partial charge in [-0.1, -0.05) is 12.1 Å². The van der Waals surface area contributed by atoms with E-state index in [4.69, 9.17) is 0 Å². The first-order chi connectivity index (χ1) is 7.79. The predicted octanol–water partition coefficient (Wildman–Crippen LogP) is 2.47. The Kier molecular flexibility index (Phi) is 2.60. The number of hydrogen-bond acceptors (Lipinski definition) is 2. The lowest BCUT2D eigenvalue weighted by Crippen LogP contribution is -2.38. The molecular weight excluding hydrogens is 198 g/mol. The molecule has 2 fully saturated rings. The molecule has 0 aliphatic carbocycles. The monoisotopic (exact) mass is 217 g/mol. The van der Waals surface area contributed by atoms with E-state index < -0.39 is 0 Å². The van der Waals surface area contributed by atoms with E-state index in [0.717, 1.165) is 24.4 Å². The van der Waals surface area contributed by atoms with Gasteiger partial charge in [0.05, 0.1) is 0 Å². The molecule has 2 N–H and O–H groups in total. The number of phenolic OH excluding ortho intramolecular Hbond substituents is 1. The first-order valence-corrected chi connectivity index (χ1v) is 6.33. The van der Waals surface area contributed by atoms with Crippen molar-refractivity contribution in [2.75, 3.05) is 0 Å². The van der Waals surface area contributed by atoms with Gasteiger partial charge in [-0.15, -0.1) is 0 Å². The highest BCUT2D eigenvalue weighted by Gasteiger charge is 2.33. The number of nitrogens with one attached hydrogen (secondary N) is 1. The van der Waals surface area contributed by atoms with Gasteiger partial charge in [0.2, 0.25) is 0 Å². The lowest BCUT2D eigenvalue weighted by atomic mass is 9.87. The van der Waals surface area contributed by atoms with Crippen molar-refractivity contribution in [1.82, 2.24) is 5.32 Å². The van der Waals surface area contributed by atoms with Crippen molar-refractivity contribution < 1.29 is 5.11 Å². The normalized spacial score (nSPS) is 32.9. The summed E-state index contributed by atoms with van der Waals surface area (Å²) in [4.78, 5) is 0. The average molecular weight is 217 g/mol. The van der Waals surface area contributed by atoms with E-state index in [1.54, 1.807) is 6.07 Å². The second-order valence-electron chi connectivity index (χ2n) is 5.35. The third kappa shape index (κ3) is 2.07. The van der Waals surface area contributed by atoms with Gasteiger partial charge in [0.1, 0.15) is 5.75 Å². The Morgan fingerprint density at radius 2 is 1.94 bits per heavy atom. The fourth-order valence-corrected chi connectivity index (χ4v) is 3.36. The van der Waals surface area contributed by atoms with Gasteiger partial charge in [0, 0.05) is 12.1 Å². The number of piperidine rings is 1. The summed E-state index contributed by atoms with van der Waals surface area (Å²) in [5.74, 6) is 1.20. The first kappa shape index (κ1) is 10.2. The van der Waals surface area contributed by atoms with Gasteiger partial charge in [-0.05, 0) is 55.7 Å². The van der Waals surface area contributed by atoms with Crippen LogP contribution in [0.1, 0.15) is 31.2 Å². The highest BCUT2D eigenvalue weighted by molar-refractivity contribution is 5.27. The van der Waals surface area contributed by atoms with E-state index in [9.17, 15) is 5.11 Å². The number of fused-ring (bicyclic) bond motifs is 2. The minimum atomic E-state index is 0.398. The molecule has 1 aromatic rings. The molecule has 0 radical (unpaired) electrons. The van der Waals surface area contributed by atoms with E-state index in [1.807, 2.05) is 12.1 Å². The Hall–Kier alpha value is -1.02. The molecule has 2 bridgehead atoms. The van der Waals surface area contributed by atoms with Crippen molar-refractivity contribution in [3.8, 4) is 5.75 Å². The van der Waals surface area contributed by atoms with E-state index in [2.05, 4.69) is 11.4 Å². The molecule has 2 heteroatoms. The van der Waals surface area contributed by atoms with Crippen molar-refractivity contribution in [3.05, 3.63) is 29.8 Å². The summed E-state index contributed by atoms with van der Waals surface area (Å²) < 4.78 is 0. The highest BCUT2D eigenvalue weighted by atomic mass is 16.3. The maximum Gasteiger partial charge on any atom is 0.115 e. The number of phenols is 1. The Labute approximate surface area is 96.7 Å². The van der Waals surface area contributed by atoms with E-state index >= 15 is 0 Å². The SMILES string of the molecule is Oc1cccc(CC2CC3CCC(C2)N3)c1. The molecular formula is C14H19NO. The zero-order chi connectivity index (χ0) is 11.0. The second-order valence-corrected chi connectivity index (χ2v) is 5.35. The Balaban J connectivity index is 1.67. The van der Waals surface area contributed by atoms with Crippen LogP contribution in [0, 0.1) is 5.92 Å². The molecule has 2 aliphatic heterocycles. The summed E-state index contributed by atoms with van der Waals surface area (Å²) in [7, 11) is 0. The highest BCUT2D eigenvalue weighted by Crippen LogP contribution is 2.33. The summed E-state index contributed by atoms with van der Waals surface area (Å²) >= 11 is 0. The fraction of sp³-hybridized carbons (Fsp3) is 0.571. The van der Waals surface area contributed by atoms with Crippen LogP contribution in [0.3, 0.4) is 0 Å². The zero-order valence-electron chi connectivity index (χ0n) is 9.52. The molecule has 0 amide bonds. The second kappa shape index (κ2) is 4.10. The summed E-state index contributed by atoms with van der Waals surface area (Å²) in [5.41, 5.74) is 1.28. The quantitative estimate of drug-likeness (QED) is 0.797. The van der Waals surface area contributed by atoms with Crippen molar-refractivity contribution in [3.63, 3.8) is 0 Å². The van der Waals surface area contributed by atoms with Gasteiger partial charge in [0.15, 0.2) is 0 Å². The first-order valence-electron chi connectivity index (χ1n) is 6.33. The third-order valence-electron chi connectivity index (χ3n) is 4.01. The lowest BCUT2D eigenvalue weighted by Gasteiger charge is -2.29. The minimum absolute atomic E-state index is 0.398. The number of benzene rings is 1. The van der Waals surface area contributed by atoms with E-state index in [0.29, 0.717) is 5.75 Å². The molecule has 0 spiro atoms. The summed E-state index contributed by atoms with van der Waals surface area (Å²) in [6, 6.07) is 9.26. The average Bonchev–Trinajstić information content (AvgIpc) is 2.58. The van der Waals surface area contributed by atoms with Crippen LogP contribution < -0.4 is 5.32 Å². The Bertz CT molecular complexity index is 365. The molecule has 2 heterocycles. The standard InChI is InChI=1S/C14H19NO/c16-14-3-1-2-10(9-14)6-11-7-12-4-5-13(8-11)15-12/h1-3,9,11-13,15-16H,4-8H2. The minimum Gasteiger partial charge on any atom is -0.508 e. The zero-order valence-corrected chi connectivity index (χ0v) is 9.52. The maximum absolute atomic E-state index is 9.45. The van der Waals surface area contributed by atoms with E-state index in [1.165, 1.54) is 31.2 Å². The third-order valence-corrected chi connectivity index (χ3v) is 4.01. The van der Waals surface area contributed by atoms with Crippen molar-refractivity contribution in [1.29, 1.82) is 0 Å². The van der Waals surface area contributed by atoms with Gasteiger partial charge in [0.25, 0.3) is 0 Å². The molecule has 16 heavy (non-hydrogen) atoms. The molecule has 2 unspecified atom stereocenters. The molecule has 0 aromatic heterocycles. The van der Waals surface area contributed by atoms with Gasteiger partial charge < -0.3 is 10.4 Å². The fourth-order valence-electron chi connectivity index (χ4n) is 3.36.